The number of fused-ring (bicyclic) bond motifs is 2. The normalized spacial score (nSPS) is 23.4. The first-order chi connectivity index (χ1) is 22.2. The Hall–Kier alpha value is -4.27. The number of hydrogen-bond donors (Lipinski definition) is 1. The summed E-state index contributed by atoms with van der Waals surface area (Å²) in [5.41, 5.74) is 1.44. The molecule has 0 aliphatic carbocycles. The molecule has 1 fully saturated rings. The van der Waals surface area contributed by atoms with Crippen LogP contribution in [0.5, 0.6) is 23.1 Å². The Morgan fingerprint density at radius 3 is 2.39 bits per heavy atom. The average Bonchev–Trinajstić information content (AvgIpc) is 3.46. The summed E-state index contributed by atoms with van der Waals surface area (Å²) in [6.07, 6.45) is 7.54. The van der Waals surface area contributed by atoms with Crippen LogP contribution >= 0.6 is 0 Å². The molecule has 3 heterocycles. The zero-order valence-electron chi connectivity index (χ0n) is 27.9. The molecule has 246 valence electrons. The Balaban J connectivity index is 1.49. The van der Waals surface area contributed by atoms with Crippen molar-refractivity contribution in [3.63, 3.8) is 0 Å². The van der Waals surface area contributed by atoms with Crippen molar-refractivity contribution < 1.29 is 28.5 Å². The van der Waals surface area contributed by atoms with Gasteiger partial charge in [0.2, 0.25) is 17.7 Å². The van der Waals surface area contributed by atoms with Gasteiger partial charge in [0, 0.05) is 35.7 Å². The van der Waals surface area contributed by atoms with Crippen LogP contribution in [0.4, 0.5) is 0 Å². The maximum atomic E-state index is 13.6. The van der Waals surface area contributed by atoms with E-state index in [9.17, 15) is 9.59 Å². The summed E-state index contributed by atoms with van der Waals surface area (Å²) in [6.45, 7) is 9.08. The van der Waals surface area contributed by atoms with Crippen molar-refractivity contribution in [2.75, 3.05) is 27.3 Å². The minimum atomic E-state index is -0.615. The van der Waals surface area contributed by atoms with Gasteiger partial charge in [0.1, 0.15) is 29.3 Å². The lowest BCUT2D eigenvalue weighted by atomic mass is 9.91. The number of rotatable bonds is 7. The minimum absolute atomic E-state index is 0.0137. The van der Waals surface area contributed by atoms with Gasteiger partial charge >= 0.3 is 0 Å². The molecule has 0 spiro atoms. The number of hydrogen-bond acceptors (Lipinski definition) is 7. The van der Waals surface area contributed by atoms with Crippen LogP contribution in [0.15, 0.2) is 54.6 Å². The first-order valence-corrected chi connectivity index (χ1v) is 16.4. The lowest BCUT2D eigenvalue weighted by molar-refractivity contribution is -0.139. The van der Waals surface area contributed by atoms with Crippen LogP contribution in [0.2, 0.25) is 0 Å². The number of nitrogens with one attached hydrogen (secondary N) is 1. The average molecular weight is 630 g/mol. The maximum Gasteiger partial charge on any atom is 0.243 e. The van der Waals surface area contributed by atoms with Gasteiger partial charge < -0.3 is 29.2 Å². The van der Waals surface area contributed by atoms with Crippen LogP contribution in [-0.2, 0) is 9.59 Å². The molecule has 46 heavy (non-hydrogen) atoms. The monoisotopic (exact) mass is 629 g/mol. The van der Waals surface area contributed by atoms with E-state index in [4.69, 9.17) is 23.9 Å². The molecule has 9 nitrogen and oxygen atoms in total. The zero-order valence-corrected chi connectivity index (χ0v) is 27.9. The fraction of sp³-hybridized carbons (Fsp3) is 0.486. The zero-order chi connectivity index (χ0) is 32.8. The van der Waals surface area contributed by atoms with E-state index in [-0.39, 0.29) is 23.8 Å². The molecule has 1 aromatic heterocycles. The van der Waals surface area contributed by atoms with Crippen molar-refractivity contribution >= 4 is 22.6 Å². The molecule has 5 rings (SSSR count). The highest BCUT2D eigenvalue weighted by Gasteiger charge is 2.41. The van der Waals surface area contributed by atoms with Gasteiger partial charge in [-0.25, -0.2) is 4.98 Å². The molecule has 0 bridgehead atoms. The highest BCUT2D eigenvalue weighted by Crippen LogP contribution is 2.42. The van der Waals surface area contributed by atoms with Gasteiger partial charge in [0.15, 0.2) is 5.75 Å². The summed E-state index contributed by atoms with van der Waals surface area (Å²) in [7, 11) is 3.25. The molecular formula is C37H47N3O6. The molecule has 0 unspecified atom stereocenters. The van der Waals surface area contributed by atoms with E-state index < -0.39 is 12.1 Å². The van der Waals surface area contributed by atoms with Gasteiger partial charge in [-0.15, -0.1) is 0 Å². The number of amides is 2. The van der Waals surface area contributed by atoms with Crippen molar-refractivity contribution in [2.45, 2.75) is 78.0 Å². The van der Waals surface area contributed by atoms with Gasteiger partial charge in [0.05, 0.1) is 26.9 Å². The number of pyridine rings is 1. The van der Waals surface area contributed by atoms with E-state index in [2.05, 4.69) is 25.2 Å². The summed E-state index contributed by atoms with van der Waals surface area (Å²) in [4.78, 5) is 33.7. The summed E-state index contributed by atoms with van der Waals surface area (Å²) in [5.74, 6) is 3.00. The predicted octanol–water partition coefficient (Wildman–Crippen LogP) is 6.57. The van der Waals surface area contributed by atoms with Gasteiger partial charge in [-0.3, -0.25) is 9.59 Å². The van der Waals surface area contributed by atoms with Crippen molar-refractivity contribution in [2.24, 2.45) is 11.8 Å². The molecular weight excluding hydrogens is 582 g/mol. The highest BCUT2D eigenvalue weighted by molar-refractivity contribution is 5.97. The maximum absolute atomic E-state index is 13.6. The van der Waals surface area contributed by atoms with Gasteiger partial charge in [-0.1, -0.05) is 26.0 Å². The van der Waals surface area contributed by atoms with Crippen LogP contribution in [0.3, 0.4) is 0 Å². The fourth-order valence-electron chi connectivity index (χ4n) is 6.55. The van der Waals surface area contributed by atoms with Crippen LogP contribution < -0.4 is 24.3 Å². The number of carbonyl (C=O) groups excluding carboxylic acids is 2. The minimum Gasteiger partial charge on any atom is -0.497 e. The molecule has 2 aliphatic rings. The Labute approximate surface area is 272 Å². The molecule has 2 amide bonds. The van der Waals surface area contributed by atoms with E-state index in [1.54, 1.807) is 19.1 Å². The van der Waals surface area contributed by atoms with E-state index in [0.717, 1.165) is 41.3 Å². The number of methoxy groups -OCH3 is 2. The van der Waals surface area contributed by atoms with Gasteiger partial charge in [-0.2, -0.15) is 0 Å². The second-order valence-electron chi connectivity index (χ2n) is 12.9. The summed E-state index contributed by atoms with van der Waals surface area (Å²) < 4.78 is 24.0. The third-order valence-electron chi connectivity index (χ3n) is 8.71. The van der Waals surface area contributed by atoms with E-state index >= 15 is 0 Å². The van der Waals surface area contributed by atoms with Crippen LogP contribution in [0.1, 0.15) is 59.8 Å². The van der Waals surface area contributed by atoms with Crippen molar-refractivity contribution in [3.05, 3.63) is 54.6 Å². The second-order valence-corrected chi connectivity index (χ2v) is 12.9. The number of aromatic nitrogens is 1. The highest BCUT2D eigenvalue weighted by atomic mass is 16.5. The van der Waals surface area contributed by atoms with E-state index in [1.165, 1.54) is 0 Å². The van der Waals surface area contributed by atoms with E-state index in [1.807, 2.05) is 62.4 Å². The third-order valence-corrected chi connectivity index (χ3v) is 8.71. The number of ether oxygens (including phenoxy) is 4. The van der Waals surface area contributed by atoms with Crippen LogP contribution in [0, 0.1) is 11.8 Å². The molecule has 9 heteroatoms. The molecule has 0 saturated carbocycles. The number of carbonyl (C=O) groups is 2. The Kier molecular flexibility index (Phi) is 10.7. The predicted molar refractivity (Wildman–Crippen MR) is 180 cm³/mol. The van der Waals surface area contributed by atoms with Gasteiger partial charge in [0.25, 0.3) is 0 Å². The fourth-order valence-corrected chi connectivity index (χ4v) is 6.55. The van der Waals surface area contributed by atoms with Crippen LogP contribution in [0.25, 0.3) is 22.0 Å². The third kappa shape index (κ3) is 7.74. The van der Waals surface area contributed by atoms with Crippen LogP contribution in [-0.4, -0.2) is 67.3 Å². The number of nitrogens with zero attached hydrogens (tertiary/aromatic N) is 2. The Bertz CT molecular complexity index is 1550. The standard InChI is InChI=1S/C37H47N3O6/c1-23(2)45-27-13-11-26(12-14-27)34-35(44-6)31-20-28(43-5)15-16-30(31)37(39-34)46-29-21-32-36(42)38-17-9-7-8-10-24(3)18-25(4)19-33(41)40(32)22-29/h7,9,11-16,20,23-25,29,32H,8,10,17-19,21-22H2,1-6H3,(H,38,42)/b9-7-/t24-,25+,29+,32-/m0/s1. The molecule has 4 atom stereocenters. The molecule has 3 aromatic rings. The first kappa shape index (κ1) is 33.1. The first-order valence-electron chi connectivity index (χ1n) is 16.4. The Morgan fingerprint density at radius 1 is 0.913 bits per heavy atom. The molecule has 0 radical (unpaired) electrons. The molecule has 1 N–H and O–H groups in total. The van der Waals surface area contributed by atoms with Crippen molar-refractivity contribution in [1.29, 1.82) is 0 Å². The number of benzene rings is 2. The molecule has 2 aromatic carbocycles. The van der Waals surface area contributed by atoms with Crippen molar-refractivity contribution in [3.8, 4) is 34.4 Å². The topological polar surface area (TPSA) is 99.2 Å². The largest absolute Gasteiger partial charge is 0.497 e. The smallest absolute Gasteiger partial charge is 0.243 e. The quantitative estimate of drug-likeness (QED) is 0.295. The van der Waals surface area contributed by atoms with E-state index in [0.29, 0.717) is 54.9 Å². The Morgan fingerprint density at radius 2 is 1.67 bits per heavy atom. The second kappa shape index (κ2) is 14.9. The van der Waals surface area contributed by atoms with Crippen molar-refractivity contribution in [1.82, 2.24) is 15.2 Å². The number of allylic oxidation sites excluding steroid dienone is 1. The summed E-state index contributed by atoms with van der Waals surface area (Å²) >= 11 is 0. The molecule has 1 saturated heterocycles. The lowest BCUT2D eigenvalue weighted by Crippen LogP contribution is -2.46. The summed E-state index contributed by atoms with van der Waals surface area (Å²) in [6, 6.07) is 12.8. The lowest BCUT2D eigenvalue weighted by Gasteiger charge is -2.26. The summed E-state index contributed by atoms with van der Waals surface area (Å²) in [5, 5.41) is 4.54. The van der Waals surface area contributed by atoms with Gasteiger partial charge in [-0.05, 0) is 87.4 Å². The SMILES string of the molecule is COc1ccc2c(O[C@@H]3C[C@H]4C(=O)NC/C=C\CC[C@H](C)C[C@@H](C)CC(=O)N4C3)nc(-c3ccc(OC(C)C)cc3)c(OC)c2c1. The molecule has 2 aliphatic heterocycles.